The number of nitrogens with one attached hydrogen (secondary N) is 2. The van der Waals surface area contributed by atoms with Crippen molar-refractivity contribution in [3.8, 4) is 11.3 Å². The summed E-state index contributed by atoms with van der Waals surface area (Å²) in [6, 6.07) is 10.8. The Labute approximate surface area is 178 Å². The largest absolute Gasteiger partial charge is 0.327 e. The van der Waals surface area contributed by atoms with E-state index in [1.165, 1.54) is 18.3 Å². The van der Waals surface area contributed by atoms with Gasteiger partial charge in [-0.15, -0.1) is 0 Å². The van der Waals surface area contributed by atoms with Gasteiger partial charge in [-0.2, -0.15) is 0 Å². The minimum atomic E-state index is -0.730. The van der Waals surface area contributed by atoms with Crippen LogP contribution in [0, 0.1) is 24.0 Å². The molecule has 0 fully saturated rings. The predicted octanol–water partition coefficient (Wildman–Crippen LogP) is 4.19. The number of imide groups is 1. The van der Waals surface area contributed by atoms with Gasteiger partial charge in [-0.05, 0) is 31.4 Å². The predicted molar refractivity (Wildman–Crippen MR) is 116 cm³/mol. The molecule has 31 heavy (non-hydrogen) atoms. The first-order chi connectivity index (χ1) is 14.8. The standard InChI is InChI=1S/C22H21N5O4/c1-4-17-20(15-9-6-10-16(11-15)27(30)31)23-12-18(24-17)25-22(29)26-21(28)19-13(2)7-5-8-14(19)3/h5-12H,4H2,1-3H3,(H2,24,25,26,28,29). The molecule has 0 aliphatic carbocycles. The number of nitro benzene ring substituents is 1. The van der Waals surface area contributed by atoms with Gasteiger partial charge in [0.1, 0.15) is 0 Å². The van der Waals surface area contributed by atoms with Crippen molar-refractivity contribution in [3.05, 3.63) is 81.2 Å². The molecule has 0 radical (unpaired) electrons. The fourth-order valence-corrected chi connectivity index (χ4v) is 3.23. The Morgan fingerprint density at radius 1 is 1.10 bits per heavy atom. The topological polar surface area (TPSA) is 127 Å². The normalized spacial score (nSPS) is 10.4. The summed E-state index contributed by atoms with van der Waals surface area (Å²) in [5.74, 6) is -0.345. The summed E-state index contributed by atoms with van der Waals surface area (Å²) in [6.45, 7) is 5.45. The molecule has 0 spiro atoms. The van der Waals surface area contributed by atoms with Gasteiger partial charge in [0.2, 0.25) is 0 Å². The monoisotopic (exact) mass is 419 g/mol. The average molecular weight is 419 g/mol. The molecule has 2 aromatic carbocycles. The number of anilines is 1. The van der Waals surface area contributed by atoms with Crippen molar-refractivity contribution >= 4 is 23.4 Å². The second-order valence-corrected chi connectivity index (χ2v) is 6.89. The molecule has 0 aliphatic rings. The summed E-state index contributed by atoms with van der Waals surface area (Å²) < 4.78 is 0. The molecule has 0 saturated heterocycles. The molecule has 2 N–H and O–H groups in total. The first-order valence-corrected chi connectivity index (χ1v) is 9.59. The van der Waals surface area contributed by atoms with Crippen LogP contribution in [-0.4, -0.2) is 26.8 Å². The van der Waals surface area contributed by atoms with Crippen molar-refractivity contribution in [3.63, 3.8) is 0 Å². The van der Waals surface area contributed by atoms with Gasteiger partial charge in [-0.1, -0.05) is 37.3 Å². The fourth-order valence-electron chi connectivity index (χ4n) is 3.23. The van der Waals surface area contributed by atoms with E-state index in [2.05, 4.69) is 20.6 Å². The van der Waals surface area contributed by atoms with Crippen LogP contribution < -0.4 is 10.6 Å². The van der Waals surface area contributed by atoms with Crippen molar-refractivity contribution in [2.24, 2.45) is 0 Å². The van der Waals surface area contributed by atoms with Crippen LogP contribution in [0.5, 0.6) is 0 Å². The van der Waals surface area contributed by atoms with Crippen LogP contribution in [-0.2, 0) is 6.42 Å². The molecule has 0 bridgehead atoms. The Balaban J connectivity index is 1.78. The van der Waals surface area contributed by atoms with Crippen molar-refractivity contribution in [1.29, 1.82) is 0 Å². The van der Waals surface area contributed by atoms with E-state index in [0.717, 1.165) is 11.1 Å². The van der Waals surface area contributed by atoms with Crippen molar-refractivity contribution in [2.45, 2.75) is 27.2 Å². The Bertz CT molecular complexity index is 1160. The number of carbonyl (C=O) groups is 2. The number of carbonyl (C=O) groups excluding carboxylic acids is 2. The molecular weight excluding hydrogens is 398 g/mol. The van der Waals surface area contributed by atoms with Gasteiger partial charge in [0.25, 0.3) is 11.6 Å². The van der Waals surface area contributed by atoms with Gasteiger partial charge in [0.05, 0.1) is 22.5 Å². The van der Waals surface area contributed by atoms with Gasteiger partial charge in [-0.3, -0.25) is 30.5 Å². The smallest absolute Gasteiger partial charge is 0.291 e. The molecule has 0 atom stereocenters. The summed E-state index contributed by atoms with van der Waals surface area (Å²) in [7, 11) is 0. The Hall–Kier alpha value is -4.14. The molecule has 3 rings (SSSR count). The molecule has 1 heterocycles. The van der Waals surface area contributed by atoms with E-state index in [9.17, 15) is 19.7 Å². The van der Waals surface area contributed by atoms with Crippen LogP contribution in [0.3, 0.4) is 0 Å². The molecule has 0 unspecified atom stereocenters. The molecule has 158 valence electrons. The average Bonchev–Trinajstić information content (AvgIpc) is 2.73. The third-order valence-electron chi connectivity index (χ3n) is 4.69. The maximum Gasteiger partial charge on any atom is 0.327 e. The molecule has 1 aromatic heterocycles. The highest BCUT2D eigenvalue weighted by Crippen LogP contribution is 2.25. The summed E-state index contributed by atoms with van der Waals surface area (Å²) >= 11 is 0. The third kappa shape index (κ3) is 4.89. The highest BCUT2D eigenvalue weighted by atomic mass is 16.6. The third-order valence-corrected chi connectivity index (χ3v) is 4.69. The number of hydrogen-bond acceptors (Lipinski definition) is 6. The zero-order chi connectivity index (χ0) is 22.5. The second kappa shape index (κ2) is 9.12. The minimum Gasteiger partial charge on any atom is -0.291 e. The first-order valence-electron chi connectivity index (χ1n) is 9.59. The van der Waals surface area contributed by atoms with Crippen molar-refractivity contribution < 1.29 is 14.5 Å². The number of urea groups is 1. The number of aromatic nitrogens is 2. The molecule has 0 saturated carbocycles. The zero-order valence-corrected chi connectivity index (χ0v) is 17.3. The van der Waals surface area contributed by atoms with E-state index in [1.807, 2.05) is 13.0 Å². The molecule has 3 aromatic rings. The van der Waals surface area contributed by atoms with Gasteiger partial charge >= 0.3 is 6.03 Å². The van der Waals surface area contributed by atoms with E-state index >= 15 is 0 Å². The van der Waals surface area contributed by atoms with Gasteiger partial charge in [0, 0.05) is 23.3 Å². The second-order valence-electron chi connectivity index (χ2n) is 6.89. The number of hydrogen-bond donors (Lipinski definition) is 2. The van der Waals surface area contributed by atoms with E-state index in [1.54, 1.807) is 38.1 Å². The quantitative estimate of drug-likeness (QED) is 0.471. The Morgan fingerprint density at radius 2 is 1.77 bits per heavy atom. The molecule has 0 aliphatic heterocycles. The molecule has 9 heteroatoms. The minimum absolute atomic E-state index is 0.0482. The van der Waals surface area contributed by atoms with Crippen LogP contribution in [0.4, 0.5) is 16.3 Å². The zero-order valence-electron chi connectivity index (χ0n) is 17.3. The maximum atomic E-state index is 12.5. The Morgan fingerprint density at radius 3 is 2.42 bits per heavy atom. The number of nitro groups is 1. The van der Waals surface area contributed by atoms with Crippen LogP contribution in [0.15, 0.2) is 48.7 Å². The van der Waals surface area contributed by atoms with Crippen LogP contribution in [0.1, 0.15) is 34.1 Å². The van der Waals surface area contributed by atoms with Crippen LogP contribution in [0.2, 0.25) is 0 Å². The Kier molecular flexibility index (Phi) is 6.35. The lowest BCUT2D eigenvalue weighted by atomic mass is 10.0. The van der Waals surface area contributed by atoms with Crippen molar-refractivity contribution in [2.75, 3.05) is 5.32 Å². The molecule has 3 amide bonds. The van der Waals surface area contributed by atoms with E-state index in [-0.39, 0.29) is 11.5 Å². The molecular formula is C22H21N5O4. The number of aryl methyl sites for hydroxylation is 3. The van der Waals surface area contributed by atoms with Gasteiger partial charge in [-0.25, -0.2) is 9.78 Å². The summed E-state index contributed by atoms with van der Waals surface area (Å²) in [6.07, 6.45) is 1.83. The molecule has 9 nitrogen and oxygen atoms in total. The number of nitrogens with zero attached hydrogens (tertiary/aromatic N) is 3. The first kappa shape index (κ1) is 21.6. The lowest BCUT2D eigenvalue weighted by molar-refractivity contribution is -0.384. The highest BCUT2D eigenvalue weighted by molar-refractivity contribution is 6.09. The summed E-state index contributed by atoms with van der Waals surface area (Å²) in [4.78, 5) is 44.0. The van der Waals surface area contributed by atoms with Crippen LogP contribution >= 0.6 is 0 Å². The number of amides is 3. The lowest BCUT2D eigenvalue weighted by Gasteiger charge is -2.12. The number of benzene rings is 2. The van der Waals surface area contributed by atoms with E-state index < -0.39 is 16.9 Å². The van der Waals surface area contributed by atoms with Gasteiger partial charge < -0.3 is 0 Å². The summed E-state index contributed by atoms with van der Waals surface area (Å²) in [5.41, 5.74) is 3.52. The highest BCUT2D eigenvalue weighted by Gasteiger charge is 2.17. The maximum absolute atomic E-state index is 12.5. The van der Waals surface area contributed by atoms with Crippen LogP contribution in [0.25, 0.3) is 11.3 Å². The lowest BCUT2D eigenvalue weighted by Crippen LogP contribution is -2.35. The van der Waals surface area contributed by atoms with E-state index in [4.69, 9.17) is 0 Å². The SMILES string of the molecule is CCc1nc(NC(=O)NC(=O)c2c(C)cccc2C)cnc1-c1cccc([N+](=O)[O-])c1. The van der Waals surface area contributed by atoms with E-state index in [0.29, 0.717) is 28.9 Å². The van der Waals surface area contributed by atoms with Crippen molar-refractivity contribution in [1.82, 2.24) is 15.3 Å². The fraction of sp³-hybridized carbons (Fsp3) is 0.182. The number of non-ortho nitro benzene ring substituents is 1. The van der Waals surface area contributed by atoms with Gasteiger partial charge in [0.15, 0.2) is 5.82 Å². The summed E-state index contributed by atoms with van der Waals surface area (Å²) in [5, 5.41) is 15.8. The number of rotatable bonds is 5.